The van der Waals surface area contributed by atoms with Gasteiger partial charge in [-0.15, -0.1) is 0 Å². The third kappa shape index (κ3) is 18.5. The molecule has 2 atom stereocenters. The van der Waals surface area contributed by atoms with Gasteiger partial charge in [-0.2, -0.15) is 0 Å². The third-order valence-corrected chi connectivity index (χ3v) is 6.86. The van der Waals surface area contributed by atoms with Crippen molar-refractivity contribution in [2.24, 2.45) is 0 Å². The molecule has 0 fully saturated rings. The Morgan fingerprint density at radius 3 is 0.941 bits per heavy atom. The summed E-state index contributed by atoms with van der Waals surface area (Å²) in [7, 11) is 0. The van der Waals surface area contributed by atoms with Crippen LogP contribution in [0, 0.1) is 0 Å². The van der Waals surface area contributed by atoms with Crippen LogP contribution in [0.25, 0.3) is 0 Å². The van der Waals surface area contributed by atoms with Crippen LogP contribution in [0.3, 0.4) is 0 Å². The molecule has 202 valence electrons. The molecule has 0 heterocycles. The lowest BCUT2D eigenvalue weighted by Crippen LogP contribution is -2.45. The van der Waals surface area contributed by atoms with Gasteiger partial charge < -0.3 is 15.3 Å². The van der Waals surface area contributed by atoms with Crippen LogP contribution in [-0.2, 0) is 9.59 Å². The molecule has 0 rings (SSSR count). The van der Waals surface area contributed by atoms with E-state index in [1.165, 1.54) is 77.0 Å². The summed E-state index contributed by atoms with van der Waals surface area (Å²) >= 11 is 0. The molecule has 0 aliphatic carbocycles. The van der Waals surface area contributed by atoms with Gasteiger partial charge in [-0.05, 0) is 12.8 Å². The van der Waals surface area contributed by atoms with Crippen molar-refractivity contribution in [3.05, 3.63) is 0 Å². The highest BCUT2D eigenvalue weighted by Crippen LogP contribution is 2.15. The lowest BCUT2D eigenvalue weighted by molar-refractivity contribution is -0.146. The van der Waals surface area contributed by atoms with E-state index in [4.69, 9.17) is 0 Å². The molecule has 0 aliphatic rings. The van der Waals surface area contributed by atoms with Crippen LogP contribution in [0.2, 0.25) is 0 Å². The maximum atomic E-state index is 12.2. The van der Waals surface area contributed by atoms with Crippen molar-refractivity contribution in [2.45, 2.75) is 173 Å². The molecule has 34 heavy (non-hydrogen) atoms. The lowest BCUT2D eigenvalue weighted by Gasteiger charge is -2.21. The number of rotatable bonds is 26. The molecule has 5 heteroatoms. The maximum absolute atomic E-state index is 12.2. The predicted molar refractivity (Wildman–Crippen MR) is 141 cm³/mol. The second-order valence-electron chi connectivity index (χ2n) is 10.2. The Balaban J connectivity index is 3.81. The second-order valence-corrected chi connectivity index (χ2v) is 10.2. The van der Waals surface area contributed by atoms with Crippen LogP contribution in [0.1, 0.15) is 155 Å². The zero-order valence-electron chi connectivity index (χ0n) is 22.4. The zero-order chi connectivity index (χ0) is 25.4. The average molecular weight is 485 g/mol. The minimum Gasteiger partial charge on any atom is -0.387 e. The van der Waals surface area contributed by atoms with Gasteiger partial charge in [0.2, 0.25) is 0 Å². The first-order chi connectivity index (χ1) is 16.5. The molecule has 0 saturated heterocycles. The van der Waals surface area contributed by atoms with E-state index in [1.54, 1.807) is 0 Å². The number of carbonyl (C=O) groups is 2. The normalized spacial score (nSPS) is 14.1. The van der Waals surface area contributed by atoms with Crippen molar-refractivity contribution >= 4 is 11.6 Å². The van der Waals surface area contributed by atoms with Gasteiger partial charge >= 0.3 is 0 Å². The Hall–Kier alpha value is -0.780. The summed E-state index contributed by atoms with van der Waals surface area (Å²) in [6, 6.07) is 0. The fourth-order valence-corrected chi connectivity index (χ4v) is 4.42. The van der Waals surface area contributed by atoms with E-state index in [1.807, 2.05) is 0 Å². The Labute approximate surface area is 210 Å². The summed E-state index contributed by atoms with van der Waals surface area (Å²) in [5, 5.41) is 30.3. The molecule has 3 N–H and O–H groups in total. The highest BCUT2D eigenvalue weighted by molar-refractivity contribution is 5.87. The van der Waals surface area contributed by atoms with Crippen molar-refractivity contribution in [1.29, 1.82) is 0 Å². The monoisotopic (exact) mass is 484 g/mol. The maximum Gasteiger partial charge on any atom is 0.164 e. The summed E-state index contributed by atoms with van der Waals surface area (Å²) in [6.45, 7) is 4.43. The quantitative estimate of drug-likeness (QED) is 0.117. The minimum atomic E-state index is -1.73. The fourth-order valence-electron chi connectivity index (χ4n) is 4.42. The van der Waals surface area contributed by atoms with E-state index in [-0.39, 0.29) is 12.8 Å². The first-order valence-electron chi connectivity index (χ1n) is 14.5. The van der Waals surface area contributed by atoms with E-state index in [2.05, 4.69) is 13.8 Å². The van der Waals surface area contributed by atoms with Crippen molar-refractivity contribution in [3.63, 3.8) is 0 Å². The van der Waals surface area contributed by atoms with Gasteiger partial charge in [0.05, 0.1) is 0 Å². The summed E-state index contributed by atoms with van der Waals surface area (Å²) in [5.74, 6) is -0.976. The number of unbranched alkanes of at least 4 members (excludes halogenated alkanes) is 18. The van der Waals surface area contributed by atoms with Crippen LogP contribution in [0.15, 0.2) is 0 Å². The molecule has 5 nitrogen and oxygen atoms in total. The molecular weight excluding hydrogens is 428 g/mol. The van der Waals surface area contributed by atoms with Gasteiger partial charge in [0.15, 0.2) is 11.6 Å². The molecule has 0 radical (unpaired) electrons. The number of hydrogen-bond donors (Lipinski definition) is 3. The van der Waals surface area contributed by atoms with E-state index in [0.717, 1.165) is 38.5 Å². The minimum absolute atomic E-state index is 0.175. The van der Waals surface area contributed by atoms with Crippen molar-refractivity contribution in [2.75, 3.05) is 0 Å². The van der Waals surface area contributed by atoms with Gasteiger partial charge in [-0.3, -0.25) is 9.59 Å². The van der Waals surface area contributed by atoms with Crippen LogP contribution in [-0.4, -0.2) is 45.2 Å². The standard InChI is InChI=1S/C29H56O5/c1-3-5-7-9-11-13-15-17-19-21-23-25(30)27(32)29(34)28(33)26(31)24-22-20-18-16-14-12-10-8-6-4-2/h27-29,32-34H,3-24H2,1-2H3. The first-order valence-corrected chi connectivity index (χ1v) is 14.5. The van der Waals surface area contributed by atoms with Crippen molar-refractivity contribution < 1.29 is 24.9 Å². The second kappa shape index (κ2) is 23.9. The van der Waals surface area contributed by atoms with Gasteiger partial charge in [-0.25, -0.2) is 0 Å². The van der Waals surface area contributed by atoms with Crippen LogP contribution >= 0.6 is 0 Å². The number of carbonyl (C=O) groups excluding carboxylic acids is 2. The number of hydrogen-bond acceptors (Lipinski definition) is 5. The first kappa shape index (κ1) is 33.2. The van der Waals surface area contributed by atoms with E-state index in [0.29, 0.717) is 12.8 Å². The zero-order valence-corrected chi connectivity index (χ0v) is 22.4. The average Bonchev–Trinajstić information content (AvgIpc) is 2.84. The molecule has 0 aromatic carbocycles. The van der Waals surface area contributed by atoms with Crippen LogP contribution in [0.4, 0.5) is 0 Å². The summed E-state index contributed by atoms with van der Waals surface area (Å²) in [5.41, 5.74) is 0. The number of aliphatic hydroxyl groups is 3. The Kier molecular flexibility index (Phi) is 23.4. The number of Topliss-reactive ketones (excluding diaryl/α,β-unsaturated/α-hetero) is 2. The Morgan fingerprint density at radius 1 is 0.441 bits per heavy atom. The molecule has 0 aliphatic heterocycles. The van der Waals surface area contributed by atoms with Gasteiger partial charge in [0.25, 0.3) is 0 Å². The van der Waals surface area contributed by atoms with E-state index >= 15 is 0 Å². The Bertz CT molecular complexity index is 437. The smallest absolute Gasteiger partial charge is 0.164 e. The van der Waals surface area contributed by atoms with Crippen molar-refractivity contribution in [1.82, 2.24) is 0 Å². The van der Waals surface area contributed by atoms with E-state index in [9.17, 15) is 24.9 Å². The summed E-state index contributed by atoms with van der Waals surface area (Å²) < 4.78 is 0. The lowest BCUT2D eigenvalue weighted by atomic mass is 9.95. The molecular formula is C29H56O5. The highest BCUT2D eigenvalue weighted by atomic mass is 16.4. The molecule has 0 saturated carbocycles. The molecule has 0 spiro atoms. The summed E-state index contributed by atoms with van der Waals surface area (Å²) in [4.78, 5) is 24.3. The van der Waals surface area contributed by atoms with Gasteiger partial charge in [0.1, 0.15) is 18.3 Å². The number of aliphatic hydroxyl groups excluding tert-OH is 3. The van der Waals surface area contributed by atoms with E-state index < -0.39 is 29.9 Å². The summed E-state index contributed by atoms with van der Waals surface area (Å²) in [6.07, 6.45) is 18.3. The van der Waals surface area contributed by atoms with Crippen LogP contribution < -0.4 is 0 Å². The molecule has 0 amide bonds. The predicted octanol–water partition coefficient (Wildman–Crippen LogP) is 6.83. The van der Waals surface area contributed by atoms with Gasteiger partial charge in [0, 0.05) is 12.8 Å². The number of ketones is 2. The highest BCUT2D eigenvalue weighted by Gasteiger charge is 2.33. The molecule has 0 aromatic heterocycles. The largest absolute Gasteiger partial charge is 0.387 e. The molecule has 0 aromatic rings. The van der Waals surface area contributed by atoms with Gasteiger partial charge in [-0.1, -0.05) is 129 Å². The third-order valence-electron chi connectivity index (χ3n) is 6.86. The SMILES string of the molecule is CCCCCCCCCCCCC(=O)C(O)C(O)C(O)C(=O)CCCCCCCCCCCC. The molecule has 0 bridgehead atoms. The fraction of sp³-hybridized carbons (Fsp3) is 0.931. The van der Waals surface area contributed by atoms with Crippen molar-refractivity contribution in [3.8, 4) is 0 Å². The molecule has 2 unspecified atom stereocenters. The van der Waals surface area contributed by atoms with Crippen LogP contribution in [0.5, 0.6) is 0 Å². The Morgan fingerprint density at radius 2 is 0.676 bits per heavy atom. The topological polar surface area (TPSA) is 94.8 Å².